The van der Waals surface area contributed by atoms with Crippen molar-refractivity contribution >= 4 is 32.5 Å². The summed E-state index contributed by atoms with van der Waals surface area (Å²) in [6, 6.07) is 25.0. The molecule has 0 saturated heterocycles. The lowest BCUT2D eigenvalue weighted by Gasteiger charge is -2.08. The molecule has 0 saturated carbocycles. The number of aromatic nitrogens is 2. The minimum atomic E-state index is -4.41. The predicted octanol–water partition coefficient (Wildman–Crippen LogP) is 6.82. The van der Waals surface area contributed by atoms with E-state index in [1.54, 1.807) is 6.07 Å². The van der Waals surface area contributed by atoms with E-state index in [0.717, 1.165) is 38.3 Å². The van der Waals surface area contributed by atoms with Gasteiger partial charge in [-0.2, -0.15) is 22.1 Å². The van der Waals surface area contributed by atoms with Crippen LogP contribution in [0, 0.1) is 0 Å². The fourth-order valence-electron chi connectivity index (χ4n) is 3.75. The van der Waals surface area contributed by atoms with Crippen LogP contribution in [-0.2, 0) is 6.18 Å². The second kappa shape index (κ2) is 6.99. The van der Waals surface area contributed by atoms with Gasteiger partial charge in [-0.1, -0.05) is 40.2 Å². The maximum atomic E-state index is 13.4. The minimum Gasteiger partial charge on any atom is -0.194 e. The van der Waals surface area contributed by atoms with Crippen molar-refractivity contribution in [2.45, 2.75) is 6.18 Å². The number of nitrogens with zero attached hydrogens (tertiary/aromatic N) is 2. The van der Waals surface area contributed by atoms with Crippen LogP contribution in [0.4, 0.5) is 13.2 Å². The lowest BCUT2D eigenvalue weighted by atomic mass is 10.1. The van der Waals surface area contributed by atoms with Crippen molar-refractivity contribution < 1.29 is 17.6 Å². The quantitative estimate of drug-likeness (QED) is 0.252. The van der Waals surface area contributed by atoms with Crippen LogP contribution in [0.1, 0.15) is 5.56 Å². The molecule has 5 aromatic rings. The zero-order valence-corrected chi connectivity index (χ0v) is 17.2. The first-order chi connectivity index (χ1) is 14.4. The third-order valence-corrected chi connectivity index (χ3v) is 5.68. The Morgan fingerprint density at radius 3 is 2.33 bits per heavy atom. The summed E-state index contributed by atoms with van der Waals surface area (Å²) in [6.07, 6.45) is -2.43. The number of imidazole rings is 1. The number of rotatable bonds is 2. The lowest BCUT2D eigenvalue weighted by molar-refractivity contribution is -0.479. The molecule has 0 fully saturated rings. The Hall–Kier alpha value is -3.12. The van der Waals surface area contributed by atoms with Crippen molar-refractivity contribution in [3.8, 4) is 16.9 Å². The van der Waals surface area contributed by atoms with Crippen LogP contribution < -0.4 is 4.40 Å². The first kappa shape index (κ1) is 18.9. The van der Waals surface area contributed by atoms with Crippen molar-refractivity contribution in [1.29, 1.82) is 0 Å². The molecule has 30 heavy (non-hydrogen) atoms. The highest BCUT2D eigenvalue weighted by molar-refractivity contribution is 9.10. The molecule has 148 valence electrons. The molecule has 0 atom stereocenters. The maximum absolute atomic E-state index is 13.4. The molecule has 2 aromatic heterocycles. The third-order valence-electron chi connectivity index (χ3n) is 5.15. The van der Waals surface area contributed by atoms with Gasteiger partial charge in [-0.15, -0.1) is 0 Å². The molecule has 2 nitrogen and oxygen atoms in total. The van der Waals surface area contributed by atoms with Crippen LogP contribution in [0.25, 0.3) is 33.5 Å². The van der Waals surface area contributed by atoms with E-state index in [1.807, 2.05) is 75.8 Å². The Labute approximate surface area is 179 Å². The average molecular weight is 468 g/mol. The summed E-state index contributed by atoms with van der Waals surface area (Å²) >= 11 is 3.44. The third kappa shape index (κ3) is 3.17. The van der Waals surface area contributed by atoms with Crippen molar-refractivity contribution in [2.24, 2.45) is 0 Å². The summed E-state index contributed by atoms with van der Waals surface area (Å²) in [7, 11) is 0. The van der Waals surface area contributed by atoms with Crippen LogP contribution in [-0.4, -0.2) is 4.57 Å². The van der Waals surface area contributed by atoms with Gasteiger partial charge in [0, 0.05) is 21.5 Å². The molecule has 0 aliphatic rings. The fourth-order valence-corrected chi connectivity index (χ4v) is 4.02. The molecule has 0 spiro atoms. The van der Waals surface area contributed by atoms with Crippen LogP contribution in [0.3, 0.4) is 0 Å². The molecular weight excluding hydrogens is 453 g/mol. The number of halogens is 4. The van der Waals surface area contributed by atoms with E-state index < -0.39 is 11.7 Å². The van der Waals surface area contributed by atoms with Gasteiger partial charge in [-0.25, -0.2) is 0 Å². The smallest absolute Gasteiger partial charge is 0.194 e. The zero-order valence-electron chi connectivity index (χ0n) is 15.6. The van der Waals surface area contributed by atoms with Gasteiger partial charge in [0.2, 0.25) is 0 Å². The van der Waals surface area contributed by atoms with Gasteiger partial charge in [0.15, 0.2) is 5.69 Å². The van der Waals surface area contributed by atoms with E-state index in [2.05, 4.69) is 15.9 Å². The van der Waals surface area contributed by atoms with E-state index in [4.69, 9.17) is 0 Å². The van der Waals surface area contributed by atoms with Crippen LogP contribution in [0.15, 0.2) is 95.6 Å². The van der Waals surface area contributed by atoms with Crippen molar-refractivity contribution in [3.63, 3.8) is 0 Å². The summed E-state index contributed by atoms with van der Waals surface area (Å²) in [4.78, 5) is 0. The molecule has 0 aliphatic carbocycles. The highest BCUT2D eigenvalue weighted by Crippen LogP contribution is 2.33. The summed E-state index contributed by atoms with van der Waals surface area (Å²) in [5.74, 6) is 0. The normalized spacial score (nSPS) is 12.0. The molecule has 0 bridgehead atoms. The van der Waals surface area contributed by atoms with Crippen LogP contribution in [0.2, 0.25) is 0 Å². The number of hydrogen-bond donors (Lipinski definition) is 0. The first-order valence-corrected chi connectivity index (χ1v) is 10.1. The topological polar surface area (TPSA) is 9.03 Å². The van der Waals surface area contributed by atoms with Gasteiger partial charge < -0.3 is 0 Å². The van der Waals surface area contributed by atoms with E-state index in [9.17, 15) is 13.2 Å². The molecular formula is C24H15BrF3N2+. The van der Waals surface area contributed by atoms with Gasteiger partial charge in [0.05, 0.1) is 5.56 Å². The SMILES string of the molecule is FC(F)(F)c1cccc(-n2c(-c3ccc(Br)cc3)c[n+]3c4ccccc4ccc23)c1. The molecule has 5 rings (SSSR count). The largest absolute Gasteiger partial charge is 0.416 e. The fraction of sp³-hybridized carbons (Fsp3) is 0.0417. The number of para-hydroxylation sites is 1. The highest BCUT2D eigenvalue weighted by atomic mass is 79.9. The van der Waals surface area contributed by atoms with Crippen molar-refractivity contribution in [2.75, 3.05) is 0 Å². The van der Waals surface area contributed by atoms with Gasteiger partial charge in [-0.3, -0.25) is 0 Å². The highest BCUT2D eigenvalue weighted by Gasteiger charge is 2.32. The Balaban J connectivity index is 1.86. The van der Waals surface area contributed by atoms with Crippen molar-refractivity contribution in [1.82, 2.24) is 4.57 Å². The number of hydrogen-bond acceptors (Lipinski definition) is 0. The molecule has 2 heterocycles. The monoisotopic (exact) mass is 467 g/mol. The molecule has 6 heteroatoms. The second-order valence-electron chi connectivity index (χ2n) is 7.03. The van der Waals surface area contributed by atoms with Gasteiger partial charge in [-0.05, 0) is 54.6 Å². The van der Waals surface area contributed by atoms with E-state index in [1.165, 1.54) is 12.1 Å². The minimum absolute atomic E-state index is 0.459. The predicted molar refractivity (Wildman–Crippen MR) is 115 cm³/mol. The van der Waals surface area contributed by atoms with E-state index in [0.29, 0.717) is 5.69 Å². The van der Waals surface area contributed by atoms with E-state index >= 15 is 0 Å². The zero-order chi connectivity index (χ0) is 20.9. The second-order valence-corrected chi connectivity index (χ2v) is 7.94. The summed E-state index contributed by atoms with van der Waals surface area (Å²) in [6.45, 7) is 0. The Morgan fingerprint density at radius 2 is 1.57 bits per heavy atom. The number of benzene rings is 3. The summed E-state index contributed by atoms with van der Waals surface area (Å²) < 4.78 is 45.0. The Kier molecular flexibility index (Phi) is 4.40. The molecule has 3 aromatic carbocycles. The number of fused-ring (bicyclic) bond motifs is 3. The van der Waals surface area contributed by atoms with Gasteiger partial charge >= 0.3 is 6.18 Å². The Bertz CT molecular complexity index is 1390. The van der Waals surface area contributed by atoms with Gasteiger partial charge in [0.25, 0.3) is 5.65 Å². The Morgan fingerprint density at radius 1 is 0.800 bits per heavy atom. The molecule has 0 amide bonds. The van der Waals surface area contributed by atoms with Crippen molar-refractivity contribution in [3.05, 3.63) is 101 Å². The molecule has 0 N–H and O–H groups in total. The van der Waals surface area contributed by atoms with Gasteiger partial charge in [0.1, 0.15) is 17.4 Å². The standard InChI is InChI=1S/C24H15BrF3N2/c25-19-11-8-17(9-12-19)22-15-29-21-7-2-1-4-16(21)10-13-23(29)30(22)20-6-3-5-18(14-20)24(26,27)28/h1-15H/q+1. The molecule has 0 aliphatic heterocycles. The number of pyridine rings is 1. The first-order valence-electron chi connectivity index (χ1n) is 9.30. The summed E-state index contributed by atoms with van der Waals surface area (Å²) in [5.41, 5.74) is 3.27. The summed E-state index contributed by atoms with van der Waals surface area (Å²) in [5, 5.41) is 1.05. The lowest BCUT2D eigenvalue weighted by Crippen LogP contribution is -2.20. The maximum Gasteiger partial charge on any atom is 0.416 e. The molecule has 0 unspecified atom stereocenters. The molecule has 0 radical (unpaired) electrons. The average Bonchev–Trinajstić information content (AvgIpc) is 3.14. The van der Waals surface area contributed by atoms with Crippen LogP contribution >= 0.6 is 15.9 Å². The number of alkyl halides is 3. The van der Waals surface area contributed by atoms with E-state index in [-0.39, 0.29) is 0 Å². The van der Waals surface area contributed by atoms with Crippen LogP contribution in [0.5, 0.6) is 0 Å².